The van der Waals surface area contributed by atoms with E-state index >= 15 is 0 Å². The minimum atomic E-state index is 0.420. The third-order valence-electron chi connectivity index (χ3n) is 8.34. The second-order valence-electron chi connectivity index (χ2n) is 10.8. The Morgan fingerprint density at radius 2 is 1.11 bits per heavy atom. The molecule has 3 N–H and O–H groups in total. The fraction of sp³-hybridized carbons (Fsp3) is 0.533. The topological polar surface area (TPSA) is 83.7 Å². The lowest BCUT2D eigenvalue weighted by atomic mass is 9.89. The van der Waals surface area contributed by atoms with Crippen LogP contribution in [0.25, 0.3) is 0 Å². The van der Waals surface area contributed by atoms with E-state index < -0.39 is 0 Å². The summed E-state index contributed by atoms with van der Waals surface area (Å²) in [5.74, 6) is 0.840. The third-order valence-corrected chi connectivity index (χ3v) is 8.34. The van der Waals surface area contributed by atoms with E-state index in [1.54, 1.807) is 0 Å². The molecule has 7 nitrogen and oxygen atoms in total. The van der Waals surface area contributed by atoms with E-state index in [2.05, 4.69) is 37.2 Å². The summed E-state index contributed by atoms with van der Waals surface area (Å²) in [6, 6.07) is 4.28. The van der Waals surface area contributed by atoms with Crippen LogP contribution in [0.5, 0.6) is 11.5 Å². The van der Waals surface area contributed by atoms with Crippen molar-refractivity contribution in [3.05, 3.63) is 45.5 Å². The number of phenols is 2. The van der Waals surface area contributed by atoms with Gasteiger partial charge in [-0.15, -0.1) is 0 Å². The van der Waals surface area contributed by atoms with Crippen LogP contribution in [-0.2, 0) is 25.7 Å². The van der Waals surface area contributed by atoms with Crippen molar-refractivity contribution in [3.63, 3.8) is 0 Å². The molecule has 6 rings (SSSR count). The van der Waals surface area contributed by atoms with Crippen LogP contribution in [0.4, 0.5) is 11.4 Å². The van der Waals surface area contributed by atoms with Gasteiger partial charge >= 0.3 is 0 Å². The highest BCUT2D eigenvalue weighted by Gasteiger charge is 2.28. The number of anilines is 2. The first kappa shape index (κ1) is 24.3. The fourth-order valence-electron chi connectivity index (χ4n) is 6.67. The highest BCUT2D eigenvalue weighted by atomic mass is 16.3. The Hall–Kier alpha value is -3.06. The molecule has 0 atom stereocenters. The molecule has 0 aliphatic carbocycles. The first-order chi connectivity index (χ1) is 18.2. The zero-order chi connectivity index (χ0) is 25.2. The van der Waals surface area contributed by atoms with E-state index in [9.17, 15) is 10.2 Å². The van der Waals surface area contributed by atoms with Crippen LogP contribution in [-0.4, -0.2) is 75.0 Å². The van der Waals surface area contributed by atoms with Gasteiger partial charge < -0.3 is 25.3 Å². The minimum absolute atomic E-state index is 0.420. The minimum Gasteiger partial charge on any atom is -0.507 e. The summed E-state index contributed by atoms with van der Waals surface area (Å²) in [5.41, 5.74) is 9.26. The van der Waals surface area contributed by atoms with Crippen molar-refractivity contribution in [2.45, 2.75) is 51.4 Å². The zero-order valence-corrected chi connectivity index (χ0v) is 21.8. The highest BCUT2D eigenvalue weighted by molar-refractivity contribution is 5.88. The first-order valence-electron chi connectivity index (χ1n) is 14.2. The predicted octanol–water partition coefficient (Wildman–Crippen LogP) is 3.62. The lowest BCUT2D eigenvalue weighted by Crippen LogP contribution is -2.34. The quantitative estimate of drug-likeness (QED) is 0.380. The number of nitrogens with one attached hydrogen (secondary N) is 1. The van der Waals surface area contributed by atoms with Gasteiger partial charge in [-0.1, -0.05) is 0 Å². The Balaban J connectivity index is 0.991. The van der Waals surface area contributed by atoms with Crippen molar-refractivity contribution in [2.75, 3.05) is 62.2 Å². The van der Waals surface area contributed by atoms with Gasteiger partial charge in [0.15, 0.2) is 0 Å². The molecule has 7 heteroatoms. The lowest BCUT2D eigenvalue weighted by Gasteiger charge is -2.37. The highest BCUT2D eigenvalue weighted by Crippen LogP contribution is 2.42. The molecule has 4 aliphatic rings. The smallest absolute Gasteiger partial charge is 0.129 e. The van der Waals surface area contributed by atoms with Crippen molar-refractivity contribution in [2.24, 2.45) is 9.98 Å². The molecule has 0 amide bonds. The molecule has 2 aromatic rings. The summed E-state index contributed by atoms with van der Waals surface area (Å²) in [5, 5.41) is 25.1. The molecule has 0 aromatic heterocycles. The Labute approximate surface area is 219 Å². The molecular weight excluding hydrogens is 462 g/mol. The van der Waals surface area contributed by atoms with E-state index in [0.29, 0.717) is 24.6 Å². The van der Waals surface area contributed by atoms with Gasteiger partial charge in [0.1, 0.15) is 11.5 Å². The average molecular weight is 502 g/mol. The summed E-state index contributed by atoms with van der Waals surface area (Å²) in [6.07, 6.45) is 12.4. The van der Waals surface area contributed by atoms with Gasteiger partial charge in [0.05, 0.1) is 13.1 Å². The van der Waals surface area contributed by atoms with Gasteiger partial charge in [-0.05, 0) is 74.6 Å². The number of benzene rings is 2. The maximum absolute atomic E-state index is 10.9. The molecule has 0 spiro atoms. The van der Waals surface area contributed by atoms with Crippen LogP contribution < -0.4 is 15.1 Å². The summed E-state index contributed by atoms with van der Waals surface area (Å²) in [7, 11) is 0. The number of aliphatic imine (C=N–C) groups is 2. The number of phenolic OH excluding ortho intramolecular Hbond substituents is 2. The Kier molecular flexibility index (Phi) is 7.05. The Bertz CT molecular complexity index is 1120. The number of aromatic hydroxyl groups is 2. The van der Waals surface area contributed by atoms with Crippen molar-refractivity contribution in [1.82, 2.24) is 5.32 Å². The monoisotopic (exact) mass is 501 g/mol. The van der Waals surface area contributed by atoms with Crippen LogP contribution in [0.2, 0.25) is 0 Å². The van der Waals surface area contributed by atoms with E-state index in [1.807, 2.05) is 12.4 Å². The molecule has 2 aromatic carbocycles. The summed E-state index contributed by atoms with van der Waals surface area (Å²) >= 11 is 0. The molecule has 4 aliphatic heterocycles. The summed E-state index contributed by atoms with van der Waals surface area (Å²) < 4.78 is 0. The molecule has 0 radical (unpaired) electrons. The van der Waals surface area contributed by atoms with E-state index in [4.69, 9.17) is 0 Å². The van der Waals surface area contributed by atoms with Gasteiger partial charge in [-0.2, -0.15) is 0 Å². The van der Waals surface area contributed by atoms with E-state index in [-0.39, 0.29) is 0 Å². The van der Waals surface area contributed by atoms with Gasteiger partial charge in [0.25, 0.3) is 0 Å². The second kappa shape index (κ2) is 10.7. The van der Waals surface area contributed by atoms with Crippen molar-refractivity contribution in [1.29, 1.82) is 0 Å². The molecule has 4 heterocycles. The first-order valence-corrected chi connectivity index (χ1v) is 14.2. The molecular formula is C30H39N5O2. The van der Waals surface area contributed by atoms with Gasteiger partial charge in [0.2, 0.25) is 0 Å². The summed E-state index contributed by atoms with van der Waals surface area (Å²) in [6.45, 7) is 7.28. The molecule has 0 fully saturated rings. The second-order valence-corrected chi connectivity index (χ2v) is 10.8. The van der Waals surface area contributed by atoms with Crippen molar-refractivity contribution < 1.29 is 10.2 Å². The predicted molar refractivity (Wildman–Crippen MR) is 152 cm³/mol. The maximum Gasteiger partial charge on any atom is 0.129 e. The van der Waals surface area contributed by atoms with Crippen LogP contribution in [0.1, 0.15) is 59.1 Å². The van der Waals surface area contributed by atoms with Crippen LogP contribution in [0.15, 0.2) is 22.1 Å². The fourth-order valence-corrected chi connectivity index (χ4v) is 6.67. The number of nitrogens with zero attached hydrogens (tertiary/aromatic N) is 4. The average Bonchev–Trinajstić information content (AvgIpc) is 2.93. The number of hydrogen-bond acceptors (Lipinski definition) is 7. The van der Waals surface area contributed by atoms with Crippen LogP contribution >= 0.6 is 0 Å². The molecule has 0 bridgehead atoms. The van der Waals surface area contributed by atoms with Crippen LogP contribution in [0, 0.1) is 0 Å². The number of rotatable bonds is 8. The molecule has 37 heavy (non-hydrogen) atoms. The molecule has 196 valence electrons. The normalized spacial score (nSPS) is 18.5. The van der Waals surface area contributed by atoms with E-state index in [0.717, 1.165) is 100 Å². The third kappa shape index (κ3) is 4.81. The maximum atomic E-state index is 10.9. The van der Waals surface area contributed by atoms with Crippen molar-refractivity contribution in [3.8, 4) is 11.5 Å². The molecule has 0 saturated heterocycles. The zero-order valence-electron chi connectivity index (χ0n) is 21.8. The van der Waals surface area contributed by atoms with Gasteiger partial charge in [-0.25, -0.2) is 0 Å². The SMILES string of the molecule is Oc1c(C=NCCNCCN=Cc2cc3c4c(c2O)CCCN4CCC3)cc2c3c1CCCN3CCC2. The standard InChI is InChI=1S/C30H39N5O2/c36-29-23(17-21-5-1-13-34-15-3-7-25(29)27(21)34)19-32-11-9-31-10-12-33-20-24-18-22-6-2-14-35-16-4-8-26(28(22)35)30(24)37/h17-20,31,36-37H,1-16H2. The van der Waals surface area contributed by atoms with Crippen LogP contribution in [0.3, 0.4) is 0 Å². The largest absolute Gasteiger partial charge is 0.507 e. The van der Waals surface area contributed by atoms with E-state index in [1.165, 1.54) is 35.3 Å². The van der Waals surface area contributed by atoms with Crippen molar-refractivity contribution >= 4 is 23.8 Å². The summed E-state index contributed by atoms with van der Waals surface area (Å²) in [4.78, 5) is 14.0. The number of hydrogen-bond donors (Lipinski definition) is 3. The Morgan fingerprint density at radius 1 is 0.676 bits per heavy atom. The lowest BCUT2D eigenvalue weighted by molar-refractivity contribution is 0.461. The van der Waals surface area contributed by atoms with Gasteiger partial charge in [-0.3, -0.25) is 9.98 Å². The van der Waals surface area contributed by atoms with Gasteiger partial charge in [0, 0.05) is 85.3 Å². The number of aryl methyl sites for hydroxylation is 2. The molecule has 0 unspecified atom stereocenters. The molecule has 0 saturated carbocycles. The Morgan fingerprint density at radius 3 is 1.57 bits per heavy atom.